The summed E-state index contributed by atoms with van der Waals surface area (Å²) in [6.07, 6.45) is 5.40. The molecule has 1 fully saturated rings. The van der Waals surface area contributed by atoms with Crippen molar-refractivity contribution in [3.63, 3.8) is 0 Å². The Morgan fingerprint density at radius 2 is 2.16 bits per heavy atom. The van der Waals surface area contributed by atoms with Crippen LogP contribution in [0.1, 0.15) is 49.7 Å². The molecule has 0 radical (unpaired) electrons. The Balaban J connectivity index is 2.21. The number of aryl methyl sites for hydroxylation is 1. The molecule has 3 atom stereocenters. The molecular formula is C17H27NO. The van der Waals surface area contributed by atoms with E-state index < -0.39 is 0 Å². The minimum absolute atomic E-state index is 0.508. The van der Waals surface area contributed by atoms with E-state index in [9.17, 15) is 0 Å². The number of rotatable bonds is 4. The lowest BCUT2D eigenvalue weighted by atomic mass is 9.72. The summed E-state index contributed by atoms with van der Waals surface area (Å²) in [6.45, 7) is 5.30. The molecule has 0 amide bonds. The Kier molecular flexibility index (Phi) is 4.87. The number of hydrogen-bond donors (Lipinski definition) is 1. The minimum Gasteiger partial charge on any atom is -0.497 e. The van der Waals surface area contributed by atoms with Crippen LogP contribution in [0.5, 0.6) is 5.75 Å². The van der Waals surface area contributed by atoms with Gasteiger partial charge in [-0.15, -0.1) is 0 Å². The average Bonchev–Trinajstić information content (AvgIpc) is 2.41. The fourth-order valence-corrected chi connectivity index (χ4v) is 3.61. The standard InChI is InChI=1S/C17H27NO/c1-12-5-4-6-14(9-12)17(11-18)16-8-7-15(19-3)10-13(16)2/h7-8,10,12,14,17H,4-6,9,11,18H2,1-3H3. The van der Waals surface area contributed by atoms with Crippen LogP contribution >= 0.6 is 0 Å². The van der Waals surface area contributed by atoms with Gasteiger partial charge in [0.05, 0.1) is 7.11 Å². The van der Waals surface area contributed by atoms with Gasteiger partial charge in [-0.1, -0.05) is 25.8 Å². The van der Waals surface area contributed by atoms with Gasteiger partial charge in [-0.2, -0.15) is 0 Å². The summed E-state index contributed by atoms with van der Waals surface area (Å²) in [5, 5.41) is 0. The molecule has 19 heavy (non-hydrogen) atoms. The first-order chi connectivity index (χ1) is 9.15. The monoisotopic (exact) mass is 261 g/mol. The van der Waals surface area contributed by atoms with E-state index in [2.05, 4.69) is 32.0 Å². The van der Waals surface area contributed by atoms with Crippen LogP contribution in [0.4, 0.5) is 0 Å². The SMILES string of the molecule is COc1ccc(C(CN)C2CCCC(C)C2)c(C)c1. The van der Waals surface area contributed by atoms with Gasteiger partial charge in [0.1, 0.15) is 5.75 Å². The molecular weight excluding hydrogens is 234 g/mol. The highest BCUT2D eigenvalue weighted by molar-refractivity contribution is 5.37. The van der Waals surface area contributed by atoms with Crippen molar-refractivity contribution in [3.05, 3.63) is 29.3 Å². The zero-order chi connectivity index (χ0) is 13.8. The van der Waals surface area contributed by atoms with Gasteiger partial charge >= 0.3 is 0 Å². The predicted octanol–water partition coefficient (Wildman–Crippen LogP) is 3.87. The second-order valence-electron chi connectivity index (χ2n) is 6.10. The Morgan fingerprint density at radius 3 is 2.74 bits per heavy atom. The molecule has 3 unspecified atom stereocenters. The topological polar surface area (TPSA) is 35.2 Å². The molecule has 2 N–H and O–H groups in total. The van der Waals surface area contributed by atoms with Gasteiger partial charge in [-0.25, -0.2) is 0 Å². The molecule has 2 rings (SSSR count). The van der Waals surface area contributed by atoms with E-state index >= 15 is 0 Å². The maximum atomic E-state index is 6.09. The molecule has 0 aromatic heterocycles. The van der Waals surface area contributed by atoms with Gasteiger partial charge in [-0.05, 0) is 67.3 Å². The Bertz CT molecular complexity index is 416. The third-order valence-electron chi connectivity index (χ3n) is 4.68. The van der Waals surface area contributed by atoms with Crippen molar-refractivity contribution < 1.29 is 4.74 Å². The fraction of sp³-hybridized carbons (Fsp3) is 0.647. The zero-order valence-corrected chi connectivity index (χ0v) is 12.5. The lowest BCUT2D eigenvalue weighted by Crippen LogP contribution is -2.26. The number of hydrogen-bond acceptors (Lipinski definition) is 2. The van der Waals surface area contributed by atoms with Crippen LogP contribution in [-0.2, 0) is 0 Å². The Labute approximate surface area is 117 Å². The van der Waals surface area contributed by atoms with Gasteiger partial charge in [0, 0.05) is 0 Å². The second-order valence-corrected chi connectivity index (χ2v) is 6.10. The van der Waals surface area contributed by atoms with Gasteiger partial charge < -0.3 is 10.5 Å². The lowest BCUT2D eigenvalue weighted by Gasteiger charge is -2.33. The van der Waals surface area contributed by atoms with E-state index in [1.807, 2.05) is 0 Å². The van der Waals surface area contributed by atoms with E-state index in [1.54, 1.807) is 7.11 Å². The summed E-state index contributed by atoms with van der Waals surface area (Å²) < 4.78 is 5.29. The highest BCUT2D eigenvalue weighted by atomic mass is 16.5. The van der Waals surface area contributed by atoms with E-state index in [4.69, 9.17) is 10.5 Å². The Morgan fingerprint density at radius 1 is 1.37 bits per heavy atom. The van der Waals surface area contributed by atoms with Crippen molar-refractivity contribution in [1.82, 2.24) is 0 Å². The van der Waals surface area contributed by atoms with Crippen molar-refractivity contribution in [1.29, 1.82) is 0 Å². The molecule has 0 spiro atoms. The zero-order valence-electron chi connectivity index (χ0n) is 12.5. The second kappa shape index (κ2) is 6.42. The van der Waals surface area contributed by atoms with Crippen LogP contribution in [0.25, 0.3) is 0 Å². The normalized spacial score (nSPS) is 25.1. The molecule has 0 heterocycles. The molecule has 1 aromatic rings. The third-order valence-corrected chi connectivity index (χ3v) is 4.68. The summed E-state index contributed by atoms with van der Waals surface area (Å²) in [5.41, 5.74) is 8.82. The van der Waals surface area contributed by atoms with Gasteiger partial charge in [-0.3, -0.25) is 0 Å². The molecule has 1 aliphatic rings. The van der Waals surface area contributed by atoms with E-state index in [0.29, 0.717) is 5.92 Å². The molecule has 1 aromatic carbocycles. The van der Waals surface area contributed by atoms with E-state index in [1.165, 1.54) is 36.8 Å². The minimum atomic E-state index is 0.508. The van der Waals surface area contributed by atoms with E-state index in [0.717, 1.165) is 24.1 Å². The van der Waals surface area contributed by atoms with Crippen molar-refractivity contribution in [3.8, 4) is 5.75 Å². The quantitative estimate of drug-likeness (QED) is 0.893. The summed E-state index contributed by atoms with van der Waals surface area (Å²) >= 11 is 0. The summed E-state index contributed by atoms with van der Waals surface area (Å²) in [4.78, 5) is 0. The number of ether oxygens (including phenoxy) is 1. The molecule has 2 nitrogen and oxygen atoms in total. The van der Waals surface area contributed by atoms with Crippen molar-refractivity contribution in [2.24, 2.45) is 17.6 Å². The molecule has 0 bridgehead atoms. The molecule has 1 saturated carbocycles. The largest absolute Gasteiger partial charge is 0.497 e. The predicted molar refractivity (Wildman–Crippen MR) is 80.6 cm³/mol. The maximum absolute atomic E-state index is 6.09. The molecule has 2 heteroatoms. The van der Waals surface area contributed by atoms with Crippen LogP contribution < -0.4 is 10.5 Å². The molecule has 106 valence electrons. The summed E-state index contributed by atoms with van der Waals surface area (Å²) in [5.74, 6) is 3.05. The Hall–Kier alpha value is -1.02. The van der Waals surface area contributed by atoms with Crippen molar-refractivity contribution in [2.45, 2.75) is 45.4 Å². The van der Waals surface area contributed by atoms with Crippen LogP contribution in [0.15, 0.2) is 18.2 Å². The van der Waals surface area contributed by atoms with Crippen molar-refractivity contribution >= 4 is 0 Å². The van der Waals surface area contributed by atoms with Crippen molar-refractivity contribution in [2.75, 3.05) is 13.7 Å². The fourth-order valence-electron chi connectivity index (χ4n) is 3.61. The molecule has 1 aliphatic carbocycles. The number of nitrogens with two attached hydrogens (primary N) is 1. The van der Waals surface area contributed by atoms with Gasteiger partial charge in [0.2, 0.25) is 0 Å². The highest BCUT2D eigenvalue weighted by Gasteiger charge is 2.27. The number of benzene rings is 1. The van der Waals surface area contributed by atoms with Gasteiger partial charge in [0.25, 0.3) is 0 Å². The molecule has 0 saturated heterocycles. The average molecular weight is 261 g/mol. The van der Waals surface area contributed by atoms with Crippen LogP contribution in [-0.4, -0.2) is 13.7 Å². The third kappa shape index (κ3) is 3.30. The van der Waals surface area contributed by atoms with Crippen LogP contribution in [0, 0.1) is 18.8 Å². The highest BCUT2D eigenvalue weighted by Crippen LogP contribution is 2.39. The number of methoxy groups -OCH3 is 1. The smallest absolute Gasteiger partial charge is 0.119 e. The first-order valence-corrected chi connectivity index (χ1v) is 7.50. The van der Waals surface area contributed by atoms with Crippen LogP contribution in [0.3, 0.4) is 0 Å². The first kappa shape index (κ1) is 14.4. The first-order valence-electron chi connectivity index (χ1n) is 7.50. The lowest BCUT2D eigenvalue weighted by molar-refractivity contribution is 0.247. The van der Waals surface area contributed by atoms with E-state index in [-0.39, 0.29) is 0 Å². The summed E-state index contributed by atoms with van der Waals surface area (Å²) in [6, 6.07) is 6.41. The van der Waals surface area contributed by atoms with Gasteiger partial charge in [0.15, 0.2) is 0 Å². The van der Waals surface area contributed by atoms with Crippen LogP contribution in [0.2, 0.25) is 0 Å². The maximum Gasteiger partial charge on any atom is 0.119 e. The molecule has 0 aliphatic heterocycles. The summed E-state index contributed by atoms with van der Waals surface area (Å²) in [7, 11) is 1.72.